The van der Waals surface area contributed by atoms with Crippen molar-refractivity contribution in [2.24, 2.45) is 0 Å². The lowest BCUT2D eigenvalue weighted by Crippen LogP contribution is -2.16. The summed E-state index contributed by atoms with van der Waals surface area (Å²) in [6.07, 6.45) is 1.59. The van der Waals surface area contributed by atoms with Gasteiger partial charge in [0.25, 0.3) is 5.91 Å². The minimum absolute atomic E-state index is 0.275. The number of aryl methyl sites for hydroxylation is 2. The zero-order valence-corrected chi connectivity index (χ0v) is 17.3. The summed E-state index contributed by atoms with van der Waals surface area (Å²) in [6, 6.07) is 15.2. The molecule has 0 fully saturated rings. The van der Waals surface area contributed by atoms with Gasteiger partial charge in [0, 0.05) is 23.5 Å². The molecule has 0 aliphatic rings. The van der Waals surface area contributed by atoms with Gasteiger partial charge in [-0.2, -0.15) is 5.10 Å². The highest BCUT2D eigenvalue weighted by atomic mass is 16.5. The molecule has 2 aromatic heterocycles. The molecule has 1 N–H and O–H groups in total. The Hall–Kier alpha value is -3.87. The van der Waals surface area contributed by atoms with Gasteiger partial charge in [-0.3, -0.25) is 4.79 Å². The summed E-state index contributed by atoms with van der Waals surface area (Å²) >= 11 is 0. The number of ether oxygens (including phenoxy) is 2. The van der Waals surface area contributed by atoms with E-state index in [-0.39, 0.29) is 5.91 Å². The number of hydrogen-bond donors (Lipinski definition) is 1. The van der Waals surface area contributed by atoms with Gasteiger partial charge in [0.2, 0.25) is 0 Å². The molecule has 0 spiro atoms. The van der Waals surface area contributed by atoms with E-state index in [0.29, 0.717) is 28.4 Å². The summed E-state index contributed by atoms with van der Waals surface area (Å²) in [6.45, 7) is 3.80. The highest BCUT2D eigenvalue weighted by Gasteiger charge is 2.19. The number of carbonyl (C=O) groups is 1. The van der Waals surface area contributed by atoms with E-state index in [1.54, 1.807) is 43.1 Å². The number of benzene rings is 2. The van der Waals surface area contributed by atoms with Crippen molar-refractivity contribution in [3.05, 3.63) is 71.7 Å². The van der Waals surface area contributed by atoms with Gasteiger partial charge in [0.05, 0.1) is 31.2 Å². The molecule has 0 aliphatic carbocycles. The molecule has 2 heterocycles. The van der Waals surface area contributed by atoms with E-state index in [4.69, 9.17) is 9.47 Å². The van der Waals surface area contributed by atoms with Gasteiger partial charge in [-0.25, -0.2) is 9.50 Å². The Morgan fingerprint density at radius 1 is 1.00 bits per heavy atom. The van der Waals surface area contributed by atoms with Crippen LogP contribution in [0.5, 0.6) is 11.5 Å². The van der Waals surface area contributed by atoms with Crippen LogP contribution in [0.15, 0.2) is 54.7 Å². The Bertz CT molecular complexity index is 1230. The van der Waals surface area contributed by atoms with Crippen LogP contribution in [0.3, 0.4) is 0 Å². The van der Waals surface area contributed by atoms with E-state index >= 15 is 0 Å². The molecule has 0 saturated heterocycles. The van der Waals surface area contributed by atoms with Crippen LogP contribution in [0.4, 0.5) is 5.69 Å². The minimum Gasteiger partial charge on any atom is -0.493 e. The lowest BCUT2D eigenvalue weighted by atomic mass is 10.1. The Balaban J connectivity index is 1.70. The second kappa shape index (κ2) is 7.87. The molecular formula is C23H22N4O3. The molecule has 2 aromatic carbocycles. The number of fused-ring (bicyclic) bond motifs is 1. The number of nitrogens with one attached hydrogen (secondary N) is 1. The van der Waals surface area contributed by atoms with E-state index in [1.165, 1.54) is 0 Å². The van der Waals surface area contributed by atoms with Crippen molar-refractivity contribution in [1.29, 1.82) is 0 Å². The van der Waals surface area contributed by atoms with E-state index in [0.717, 1.165) is 22.5 Å². The average molecular weight is 402 g/mol. The molecule has 1 amide bonds. The molecular weight excluding hydrogens is 380 g/mol. The third-order valence-corrected chi connectivity index (χ3v) is 5.01. The smallest absolute Gasteiger partial charge is 0.259 e. The summed E-state index contributed by atoms with van der Waals surface area (Å²) in [5.41, 5.74) is 5.33. The van der Waals surface area contributed by atoms with Gasteiger partial charge >= 0.3 is 0 Å². The predicted molar refractivity (Wildman–Crippen MR) is 115 cm³/mol. The van der Waals surface area contributed by atoms with Crippen molar-refractivity contribution in [3.8, 4) is 22.6 Å². The largest absolute Gasteiger partial charge is 0.493 e. The summed E-state index contributed by atoms with van der Waals surface area (Å²) in [4.78, 5) is 17.5. The number of aromatic nitrogens is 3. The van der Waals surface area contributed by atoms with Crippen molar-refractivity contribution in [2.75, 3.05) is 19.5 Å². The van der Waals surface area contributed by atoms with Gasteiger partial charge in [-0.05, 0) is 31.5 Å². The first-order valence-corrected chi connectivity index (χ1v) is 9.47. The van der Waals surface area contributed by atoms with Crippen molar-refractivity contribution in [3.63, 3.8) is 0 Å². The van der Waals surface area contributed by atoms with Crippen molar-refractivity contribution in [1.82, 2.24) is 14.6 Å². The van der Waals surface area contributed by atoms with Crippen LogP contribution in [0.25, 0.3) is 16.8 Å². The molecule has 7 heteroatoms. The van der Waals surface area contributed by atoms with Crippen LogP contribution in [-0.4, -0.2) is 34.7 Å². The number of carbonyl (C=O) groups excluding carboxylic acids is 1. The van der Waals surface area contributed by atoms with Crippen LogP contribution in [0.2, 0.25) is 0 Å². The first kappa shape index (κ1) is 19.4. The summed E-state index contributed by atoms with van der Waals surface area (Å²) in [5, 5.41) is 7.51. The maximum Gasteiger partial charge on any atom is 0.259 e. The Kier molecular flexibility index (Phi) is 5.10. The predicted octanol–water partition coefficient (Wildman–Crippen LogP) is 4.28. The zero-order valence-electron chi connectivity index (χ0n) is 17.3. The van der Waals surface area contributed by atoms with Crippen molar-refractivity contribution in [2.45, 2.75) is 13.8 Å². The number of amides is 1. The highest BCUT2D eigenvalue weighted by Crippen LogP contribution is 2.31. The highest BCUT2D eigenvalue weighted by molar-refractivity contribution is 6.05. The van der Waals surface area contributed by atoms with E-state index in [9.17, 15) is 4.79 Å². The fraction of sp³-hybridized carbons (Fsp3) is 0.174. The summed E-state index contributed by atoms with van der Waals surface area (Å²) in [5.74, 6) is 0.856. The number of methoxy groups -OCH3 is 2. The fourth-order valence-corrected chi connectivity index (χ4v) is 3.48. The van der Waals surface area contributed by atoms with Crippen LogP contribution in [0, 0.1) is 13.8 Å². The quantitative estimate of drug-likeness (QED) is 0.539. The standard InChI is InChI=1S/C23H22N4O3/c1-14-21(16-8-6-5-7-9-16)22-24-13-18(15(2)27(22)26-14)23(28)25-17-10-11-19(29-3)20(12-17)30-4/h5-13H,1-4H3,(H,25,28). The maximum absolute atomic E-state index is 12.9. The Labute approximate surface area is 174 Å². The molecule has 4 rings (SSSR count). The minimum atomic E-state index is -0.275. The SMILES string of the molecule is COc1ccc(NC(=O)c2cnc3c(-c4ccccc4)c(C)nn3c2C)cc1OC. The monoisotopic (exact) mass is 402 g/mol. The lowest BCUT2D eigenvalue weighted by Gasteiger charge is -2.12. The van der Waals surface area contributed by atoms with Gasteiger partial charge in [-0.15, -0.1) is 0 Å². The topological polar surface area (TPSA) is 77.8 Å². The first-order valence-electron chi connectivity index (χ1n) is 9.47. The molecule has 30 heavy (non-hydrogen) atoms. The number of nitrogens with zero attached hydrogens (tertiary/aromatic N) is 3. The molecule has 0 bridgehead atoms. The maximum atomic E-state index is 12.9. The zero-order chi connectivity index (χ0) is 21.3. The van der Waals surface area contributed by atoms with Gasteiger partial charge in [-0.1, -0.05) is 30.3 Å². The molecule has 0 aliphatic heterocycles. The van der Waals surface area contributed by atoms with E-state index < -0.39 is 0 Å². The van der Waals surface area contributed by atoms with Gasteiger partial charge in [0.1, 0.15) is 0 Å². The van der Waals surface area contributed by atoms with Gasteiger partial charge in [0.15, 0.2) is 17.1 Å². The Morgan fingerprint density at radius 3 is 2.43 bits per heavy atom. The molecule has 0 radical (unpaired) electrons. The van der Waals surface area contributed by atoms with Gasteiger partial charge < -0.3 is 14.8 Å². The van der Waals surface area contributed by atoms with Crippen molar-refractivity contribution >= 4 is 17.2 Å². The molecule has 152 valence electrons. The number of anilines is 1. The lowest BCUT2D eigenvalue weighted by molar-refractivity contribution is 0.102. The summed E-state index contributed by atoms with van der Waals surface area (Å²) in [7, 11) is 3.12. The van der Waals surface area contributed by atoms with Crippen LogP contribution >= 0.6 is 0 Å². The third-order valence-electron chi connectivity index (χ3n) is 5.01. The normalized spacial score (nSPS) is 10.8. The third kappa shape index (κ3) is 3.34. The van der Waals surface area contributed by atoms with Crippen LogP contribution < -0.4 is 14.8 Å². The molecule has 4 aromatic rings. The molecule has 7 nitrogen and oxygen atoms in total. The van der Waals surface area contributed by atoms with Crippen molar-refractivity contribution < 1.29 is 14.3 Å². The molecule has 0 unspecified atom stereocenters. The number of hydrogen-bond acceptors (Lipinski definition) is 5. The first-order chi connectivity index (χ1) is 14.5. The number of rotatable bonds is 5. The second-order valence-corrected chi connectivity index (χ2v) is 6.84. The van der Waals surface area contributed by atoms with Crippen LogP contribution in [-0.2, 0) is 0 Å². The molecule has 0 atom stereocenters. The molecule has 0 saturated carbocycles. The second-order valence-electron chi connectivity index (χ2n) is 6.84. The van der Waals surface area contributed by atoms with Crippen LogP contribution in [0.1, 0.15) is 21.7 Å². The van der Waals surface area contributed by atoms with E-state index in [2.05, 4.69) is 15.4 Å². The average Bonchev–Trinajstić information content (AvgIpc) is 3.11. The fourth-order valence-electron chi connectivity index (χ4n) is 3.48. The summed E-state index contributed by atoms with van der Waals surface area (Å²) < 4.78 is 12.3. The Morgan fingerprint density at radius 2 is 1.73 bits per heavy atom. The van der Waals surface area contributed by atoms with E-state index in [1.807, 2.05) is 44.2 Å².